The number of hydrogen-bond acceptors (Lipinski definition) is 1. The summed E-state index contributed by atoms with van der Waals surface area (Å²) in [5.41, 5.74) is 0.915. The molecule has 0 bridgehead atoms. The molecule has 0 saturated heterocycles. The lowest BCUT2D eigenvalue weighted by Crippen LogP contribution is -2.59. The van der Waals surface area contributed by atoms with E-state index in [1.54, 1.807) is 0 Å². The first kappa shape index (κ1) is 19.7. The molecule has 4 rings (SSSR count). The zero-order valence-electron chi connectivity index (χ0n) is 17.2. The van der Waals surface area contributed by atoms with Gasteiger partial charge in [0.15, 0.2) is 0 Å². The van der Waals surface area contributed by atoms with E-state index in [0.29, 0.717) is 46.2 Å². The van der Waals surface area contributed by atoms with E-state index in [1.807, 2.05) is 0 Å². The van der Waals surface area contributed by atoms with Crippen LogP contribution in [0.4, 0.5) is 0 Å². The van der Waals surface area contributed by atoms with Crippen LogP contribution in [0.15, 0.2) is 0 Å². The van der Waals surface area contributed by atoms with Crippen molar-refractivity contribution in [2.75, 3.05) is 4.43 Å². The monoisotopic (exact) mass is 470 g/mol. The number of carbonyl (C=O) groups is 1. The van der Waals surface area contributed by atoms with E-state index in [2.05, 4.69) is 43.4 Å². The van der Waals surface area contributed by atoms with Crippen molar-refractivity contribution in [3.05, 3.63) is 0 Å². The standard InChI is InChI=1S/C24H39IO/c1-4-17-18-9-5-6-13-24(18,3)20-12-14-23(2)16(8-7-15-25)10-11-19(23)21(20)22(17)26/h16-21H,4-15H2,1-3H3/t16?,17-,18?,19?,20?,21?,23-,24+/m1/s1. The van der Waals surface area contributed by atoms with Crippen molar-refractivity contribution < 1.29 is 4.79 Å². The van der Waals surface area contributed by atoms with Crippen LogP contribution in [0.1, 0.15) is 91.4 Å². The largest absolute Gasteiger partial charge is 0.299 e. The number of ketones is 1. The highest BCUT2D eigenvalue weighted by molar-refractivity contribution is 14.1. The molecule has 8 atom stereocenters. The fourth-order valence-electron chi connectivity index (χ4n) is 8.62. The average Bonchev–Trinajstić information content (AvgIpc) is 2.97. The van der Waals surface area contributed by atoms with Crippen LogP contribution in [-0.4, -0.2) is 10.2 Å². The molecule has 0 radical (unpaired) electrons. The van der Waals surface area contributed by atoms with E-state index >= 15 is 0 Å². The van der Waals surface area contributed by atoms with Gasteiger partial charge >= 0.3 is 0 Å². The predicted molar refractivity (Wildman–Crippen MR) is 118 cm³/mol. The van der Waals surface area contributed by atoms with Gasteiger partial charge in [0, 0.05) is 11.8 Å². The Hall–Kier alpha value is 0.400. The van der Waals surface area contributed by atoms with Gasteiger partial charge in [-0.05, 0) is 96.7 Å². The van der Waals surface area contributed by atoms with Crippen molar-refractivity contribution in [3.63, 3.8) is 0 Å². The molecule has 0 amide bonds. The maximum Gasteiger partial charge on any atom is 0.139 e. The summed E-state index contributed by atoms with van der Waals surface area (Å²) in [7, 11) is 0. The van der Waals surface area contributed by atoms with Crippen LogP contribution in [0.25, 0.3) is 0 Å². The molecule has 148 valence electrons. The van der Waals surface area contributed by atoms with Gasteiger partial charge in [-0.1, -0.05) is 56.2 Å². The fourth-order valence-corrected chi connectivity index (χ4v) is 9.06. The first-order chi connectivity index (χ1) is 12.5. The number of carbonyl (C=O) groups excluding carboxylic acids is 1. The summed E-state index contributed by atoms with van der Waals surface area (Å²) < 4.78 is 1.29. The Morgan fingerprint density at radius 1 is 0.962 bits per heavy atom. The number of fused-ring (bicyclic) bond motifs is 5. The summed E-state index contributed by atoms with van der Waals surface area (Å²) in [4.78, 5) is 13.8. The van der Waals surface area contributed by atoms with Crippen molar-refractivity contribution in [1.29, 1.82) is 0 Å². The number of Topliss-reactive ketones (excluding diaryl/α,β-unsaturated/α-hetero) is 1. The van der Waals surface area contributed by atoms with Crippen LogP contribution in [-0.2, 0) is 4.79 Å². The second-order valence-corrected chi connectivity index (χ2v) is 11.7. The number of hydrogen-bond donors (Lipinski definition) is 0. The molecule has 4 aliphatic carbocycles. The molecule has 0 aliphatic heterocycles. The normalized spacial score (nSPS) is 50.8. The highest BCUT2D eigenvalue weighted by atomic mass is 127. The van der Waals surface area contributed by atoms with E-state index in [9.17, 15) is 4.79 Å². The van der Waals surface area contributed by atoms with Crippen LogP contribution < -0.4 is 0 Å². The summed E-state index contributed by atoms with van der Waals surface area (Å²) >= 11 is 2.54. The van der Waals surface area contributed by atoms with Crippen molar-refractivity contribution in [2.24, 2.45) is 46.3 Å². The Morgan fingerprint density at radius 3 is 2.46 bits per heavy atom. The van der Waals surface area contributed by atoms with Gasteiger partial charge in [-0.3, -0.25) is 4.79 Å². The summed E-state index contributed by atoms with van der Waals surface area (Å²) in [5, 5.41) is 0. The second kappa shape index (κ2) is 7.34. The van der Waals surface area contributed by atoms with Crippen molar-refractivity contribution in [3.8, 4) is 0 Å². The van der Waals surface area contributed by atoms with Crippen LogP contribution in [0.2, 0.25) is 0 Å². The molecule has 26 heavy (non-hydrogen) atoms. The molecule has 0 heterocycles. The molecule has 0 aromatic heterocycles. The van der Waals surface area contributed by atoms with E-state index in [0.717, 1.165) is 12.3 Å². The van der Waals surface area contributed by atoms with Gasteiger partial charge in [0.2, 0.25) is 0 Å². The minimum atomic E-state index is 0.372. The number of halogens is 1. The highest BCUT2D eigenvalue weighted by Crippen LogP contribution is 2.68. The van der Waals surface area contributed by atoms with Gasteiger partial charge < -0.3 is 0 Å². The van der Waals surface area contributed by atoms with E-state index in [-0.39, 0.29) is 0 Å². The Labute approximate surface area is 175 Å². The summed E-state index contributed by atoms with van der Waals surface area (Å²) in [5.74, 6) is 4.46. The molecule has 0 aromatic carbocycles. The van der Waals surface area contributed by atoms with Crippen LogP contribution >= 0.6 is 22.6 Å². The maximum atomic E-state index is 13.8. The van der Waals surface area contributed by atoms with Gasteiger partial charge in [-0.25, -0.2) is 0 Å². The quantitative estimate of drug-likeness (QED) is 0.317. The lowest BCUT2D eigenvalue weighted by Gasteiger charge is -2.61. The topological polar surface area (TPSA) is 17.1 Å². The van der Waals surface area contributed by atoms with Gasteiger partial charge in [0.1, 0.15) is 5.78 Å². The highest BCUT2D eigenvalue weighted by Gasteiger charge is 2.63. The number of rotatable bonds is 4. The minimum Gasteiger partial charge on any atom is -0.299 e. The molecular formula is C24H39IO. The first-order valence-electron chi connectivity index (χ1n) is 11.6. The molecule has 2 heteroatoms. The van der Waals surface area contributed by atoms with Crippen molar-refractivity contribution in [1.82, 2.24) is 0 Å². The Kier molecular flexibility index (Phi) is 5.56. The third kappa shape index (κ3) is 2.77. The predicted octanol–water partition coefficient (Wildman–Crippen LogP) is 7.07. The van der Waals surface area contributed by atoms with Crippen LogP contribution in [0.5, 0.6) is 0 Å². The molecule has 4 fully saturated rings. The third-order valence-corrected chi connectivity index (χ3v) is 10.7. The molecule has 0 aromatic rings. The smallest absolute Gasteiger partial charge is 0.139 e. The Balaban J connectivity index is 1.66. The van der Waals surface area contributed by atoms with E-state index in [4.69, 9.17) is 0 Å². The second-order valence-electron chi connectivity index (χ2n) is 10.7. The maximum absolute atomic E-state index is 13.8. The molecule has 0 spiro atoms. The van der Waals surface area contributed by atoms with Crippen molar-refractivity contribution in [2.45, 2.75) is 91.4 Å². The van der Waals surface area contributed by atoms with E-state index < -0.39 is 0 Å². The summed E-state index contributed by atoms with van der Waals surface area (Å²) in [6, 6.07) is 0. The molecular weight excluding hydrogens is 431 g/mol. The molecule has 4 aliphatic rings. The van der Waals surface area contributed by atoms with Crippen LogP contribution in [0, 0.1) is 46.3 Å². The van der Waals surface area contributed by atoms with Gasteiger partial charge in [0.05, 0.1) is 0 Å². The minimum absolute atomic E-state index is 0.372. The Morgan fingerprint density at radius 2 is 1.73 bits per heavy atom. The molecule has 0 N–H and O–H groups in total. The Bertz CT molecular complexity index is 544. The van der Waals surface area contributed by atoms with Gasteiger partial charge in [0.25, 0.3) is 0 Å². The third-order valence-electron chi connectivity index (χ3n) is 9.95. The van der Waals surface area contributed by atoms with Gasteiger partial charge in [-0.2, -0.15) is 0 Å². The molecule has 5 unspecified atom stereocenters. The summed E-state index contributed by atoms with van der Waals surface area (Å²) in [6.07, 6.45) is 14.8. The molecule has 1 nitrogen and oxygen atoms in total. The SMILES string of the molecule is CC[C@H]1C(=O)C2C3CCC(CCCI)[C@@]3(C)CCC2[C@@]2(C)CCCCC12. The van der Waals surface area contributed by atoms with E-state index in [1.165, 1.54) is 68.6 Å². The zero-order chi connectivity index (χ0) is 18.5. The average molecular weight is 470 g/mol. The van der Waals surface area contributed by atoms with Crippen molar-refractivity contribution >= 4 is 28.4 Å². The van der Waals surface area contributed by atoms with Gasteiger partial charge in [-0.15, -0.1) is 0 Å². The number of alkyl halides is 1. The lowest BCUT2D eigenvalue weighted by molar-refractivity contribution is -0.167. The van der Waals surface area contributed by atoms with Crippen LogP contribution in [0.3, 0.4) is 0 Å². The fraction of sp³-hybridized carbons (Fsp3) is 0.958. The summed E-state index contributed by atoms with van der Waals surface area (Å²) in [6.45, 7) is 7.48. The lowest BCUT2D eigenvalue weighted by atomic mass is 9.42. The zero-order valence-corrected chi connectivity index (χ0v) is 19.4. The molecule has 4 saturated carbocycles. The first-order valence-corrected chi connectivity index (χ1v) is 13.1.